The average molecular weight is 247 g/mol. The summed E-state index contributed by atoms with van der Waals surface area (Å²) in [5.41, 5.74) is 8.65. The largest absolute Gasteiger partial charge is 0.371 e. The van der Waals surface area contributed by atoms with Crippen LogP contribution in [0.5, 0.6) is 0 Å². The molecule has 0 unspecified atom stereocenters. The standard InChI is InChI=1S/C15H25N3/c1-12(16)14-6-4-5-7-15(14)18-10-8-13(9-11-18)17(2)3/h4-7,12-13H,8-11,16H2,1-3H3/t12-/m0/s1. The smallest absolute Gasteiger partial charge is 0.0414 e. The van der Waals surface area contributed by atoms with E-state index >= 15 is 0 Å². The molecule has 100 valence electrons. The number of nitrogens with zero attached hydrogens (tertiary/aromatic N) is 2. The van der Waals surface area contributed by atoms with Gasteiger partial charge in [0.15, 0.2) is 0 Å². The fraction of sp³-hybridized carbons (Fsp3) is 0.600. The van der Waals surface area contributed by atoms with Crippen LogP contribution in [0, 0.1) is 0 Å². The molecule has 3 heteroatoms. The van der Waals surface area contributed by atoms with Gasteiger partial charge in [0, 0.05) is 30.9 Å². The van der Waals surface area contributed by atoms with E-state index in [4.69, 9.17) is 5.73 Å². The number of benzene rings is 1. The quantitative estimate of drug-likeness (QED) is 0.889. The summed E-state index contributed by atoms with van der Waals surface area (Å²) < 4.78 is 0. The molecule has 1 atom stereocenters. The highest BCUT2D eigenvalue weighted by Crippen LogP contribution is 2.28. The maximum Gasteiger partial charge on any atom is 0.0414 e. The Kier molecular flexibility index (Phi) is 4.25. The summed E-state index contributed by atoms with van der Waals surface area (Å²) in [6.45, 7) is 4.32. The number of para-hydroxylation sites is 1. The maximum absolute atomic E-state index is 6.06. The van der Waals surface area contributed by atoms with Crippen LogP contribution in [0.4, 0.5) is 5.69 Å². The highest BCUT2D eigenvalue weighted by Gasteiger charge is 2.22. The van der Waals surface area contributed by atoms with E-state index in [0.29, 0.717) is 0 Å². The molecule has 1 fully saturated rings. The van der Waals surface area contributed by atoms with Crippen molar-refractivity contribution in [3.8, 4) is 0 Å². The van der Waals surface area contributed by atoms with E-state index in [9.17, 15) is 0 Å². The Balaban J connectivity index is 2.10. The molecule has 0 aromatic heterocycles. The van der Waals surface area contributed by atoms with Crippen molar-refractivity contribution in [1.82, 2.24) is 4.90 Å². The summed E-state index contributed by atoms with van der Waals surface area (Å²) >= 11 is 0. The summed E-state index contributed by atoms with van der Waals surface area (Å²) in [5.74, 6) is 0. The molecule has 1 aromatic rings. The molecule has 1 heterocycles. The van der Waals surface area contributed by atoms with Gasteiger partial charge in [-0.05, 0) is 45.5 Å². The third-order valence-corrected chi connectivity index (χ3v) is 3.96. The van der Waals surface area contributed by atoms with Crippen LogP contribution in [0.15, 0.2) is 24.3 Å². The molecule has 0 bridgehead atoms. The first-order valence-corrected chi connectivity index (χ1v) is 6.85. The van der Waals surface area contributed by atoms with Crippen LogP contribution < -0.4 is 10.6 Å². The van der Waals surface area contributed by atoms with Crippen molar-refractivity contribution in [3.63, 3.8) is 0 Å². The van der Waals surface area contributed by atoms with Gasteiger partial charge in [0.1, 0.15) is 0 Å². The van der Waals surface area contributed by atoms with Gasteiger partial charge in [0.25, 0.3) is 0 Å². The Hall–Kier alpha value is -1.06. The van der Waals surface area contributed by atoms with Crippen LogP contribution in [-0.4, -0.2) is 38.1 Å². The second-order valence-electron chi connectivity index (χ2n) is 5.53. The van der Waals surface area contributed by atoms with Crippen molar-refractivity contribution in [2.75, 3.05) is 32.1 Å². The molecule has 0 saturated carbocycles. The lowest BCUT2D eigenvalue weighted by Gasteiger charge is -2.37. The number of nitrogens with two attached hydrogens (primary N) is 1. The zero-order valence-corrected chi connectivity index (χ0v) is 11.8. The predicted octanol–water partition coefficient (Wildman–Crippen LogP) is 2.24. The zero-order chi connectivity index (χ0) is 13.1. The minimum Gasteiger partial charge on any atom is -0.371 e. The van der Waals surface area contributed by atoms with E-state index in [-0.39, 0.29) is 6.04 Å². The van der Waals surface area contributed by atoms with E-state index in [2.05, 4.69) is 55.1 Å². The molecular weight excluding hydrogens is 222 g/mol. The van der Waals surface area contributed by atoms with Crippen LogP contribution >= 0.6 is 0 Å². The second kappa shape index (κ2) is 5.72. The van der Waals surface area contributed by atoms with Crippen molar-refractivity contribution in [2.45, 2.75) is 31.8 Å². The van der Waals surface area contributed by atoms with Crippen LogP contribution in [0.25, 0.3) is 0 Å². The van der Waals surface area contributed by atoms with E-state index < -0.39 is 0 Å². The van der Waals surface area contributed by atoms with Gasteiger partial charge in [-0.3, -0.25) is 0 Å². The Morgan fingerprint density at radius 3 is 2.39 bits per heavy atom. The van der Waals surface area contributed by atoms with Gasteiger partial charge in [-0.2, -0.15) is 0 Å². The van der Waals surface area contributed by atoms with Gasteiger partial charge >= 0.3 is 0 Å². The van der Waals surface area contributed by atoms with E-state index in [1.165, 1.54) is 24.1 Å². The van der Waals surface area contributed by atoms with Crippen molar-refractivity contribution >= 4 is 5.69 Å². The molecule has 18 heavy (non-hydrogen) atoms. The molecule has 0 aliphatic carbocycles. The Morgan fingerprint density at radius 2 is 1.83 bits per heavy atom. The van der Waals surface area contributed by atoms with Crippen molar-refractivity contribution in [3.05, 3.63) is 29.8 Å². The summed E-state index contributed by atoms with van der Waals surface area (Å²) in [6.07, 6.45) is 2.47. The lowest BCUT2D eigenvalue weighted by Crippen LogP contribution is -2.42. The predicted molar refractivity (Wildman–Crippen MR) is 78.0 cm³/mol. The molecule has 2 N–H and O–H groups in total. The lowest BCUT2D eigenvalue weighted by atomic mass is 10.0. The summed E-state index contributed by atoms with van der Waals surface area (Å²) in [5, 5.41) is 0. The molecule has 0 amide bonds. The molecule has 1 aliphatic rings. The summed E-state index contributed by atoms with van der Waals surface area (Å²) in [6, 6.07) is 9.37. The second-order valence-corrected chi connectivity index (χ2v) is 5.53. The summed E-state index contributed by atoms with van der Waals surface area (Å²) in [4.78, 5) is 4.83. The van der Waals surface area contributed by atoms with Gasteiger partial charge in [0.05, 0.1) is 0 Å². The fourth-order valence-electron chi connectivity index (χ4n) is 2.78. The Labute approximate surface area is 111 Å². The van der Waals surface area contributed by atoms with Gasteiger partial charge in [0.2, 0.25) is 0 Å². The van der Waals surface area contributed by atoms with Gasteiger partial charge in [-0.15, -0.1) is 0 Å². The zero-order valence-electron chi connectivity index (χ0n) is 11.8. The number of hydrogen-bond acceptors (Lipinski definition) is 3. The first kappa shape index (κ1) is 13.4. The molecule has 0 spiro atoms. The van der Waals surface area contributed by atoms with E-state index in [1.54, 1.807) is 0 Å². The van der Waals surface area contributed by atoms with E-state index in [1.807, 2.05) is 0 Å². The van der Waals surface area contributed by atoms with Gasteiger partial charge in [-0.25, -0.2) is 0 Å². The lowest BCUT2D eigenvalue weighted by molar-refractivity contribution is 0.249. The molecule has 0 radical (unpaired) electrons. The Bertz CT molecular complexity index is 379. The molecule has 1 aromatic carbocycles. The monoisotopic (exact) mass is 247 g/mol. The topological polar surface area (TPSA) is 32.5 Å². The number of anilines is 1. The highest BCUT2D eigenvalue weighted by atomic mass is 15.2. The third-order valence-electron chi connectivity index (χ3n) is 3.96. The maximum atomic E-state index is 6.06. The first-order chi connectivity index (χ1) is 8.59. The Morgan fingerprint density at radius 1 is 1.22 bits per heavy atom. The average Bonchev–Trinajstić information content (AvgIpc) is 2.39. The molecule has 2 rings (SSSR count). The van der Waals surface area contributed by atoms with Crippen molar-refractivity contribution in [1.29, 1.82) is 0 Å². The molecular formula is C15H25N3. The summed E-state index contributed by atoms with van der Waals surface area (Å²) in [7, 11) is 4.35. The van der Waals surface area contributed by atoms with Crippen molar-refractivity contribution < 1.29 is 0 Å². The van der Waals surface area contributed by atoms with Crippen LogP contribution in [0.1, 0.15) is 31.4 Å². The third kappa shape index (κ3) is 2.85. The van der Waals surface area contributed by atoms with E-state index in [0.717, 1.165) is 19.1 Å². The number of piperidine rings is 1. The minimum absolute atomic E-state index is 0.104. The van der Waals surface area contributed by atoms with Gasteiger partial charge in [-0.1, -0.05) is 18.2 Å². The number of hydrogen-bond donors (Lipinski definition) is 1. The highest BCUT2D eigenvalue weighted by molar-refractivity contribution is 5.55. The first-order valence-electron chi connectivity index (χ1n) is 6.85. The van der Waals surface area contributed by atoms with Crippen LogP contribution in [0.2, 0.25) is 0 Å². The molecule has 3 nitrogen and oxygen atoms in total. The molecule has 1 aliphatic heterocycles. The molecule has 1 saturated heterocycles. The normalized spacial score (nSPS) is 19.3. The SMILES string of the molecule is C[C@H](N)c1ccccc1N1CCC(N(C)C)CC1. The van der Waals surface area contributed by atoms with Crippen molar-refractivity contribution in [2.24, 2.45) is 5.73 Å². The number of rotatable bonds is 3. The van der Waals surface area contributed by atoms with Crippen LogP contribution in [0.3, 0.4) is 0 Å². The minimum atomic E-state index is 0.104. The fourth-order valence-corrected chi connectivity index (χ4v) is 2.78. The van der Waals surface area contributed by atoms with Crippen LogP contribution in [-0.2, 0) is 0 Å². The van der Waals surface area contributed by atoms with Gasteiger partial charge < -0.3 is 15.5 Å².